The molecule has 7 nitrogen and oxygen atoms in total. The van der Waals surface area contributed by atoms with Gasteiger partial charge in [-0.2, -0.15) is 0 Å². The minimum Gasteiger partial charge on any atom is -0.368 e. The summed E-state index contributed by atoms with van der Waals surface area (Å²) in [5, 5.41) is 6.13. The maximum absolute atomic E-state index is 11.9. The van der Waals surface area contributed by atoms with Gasteiger partial charge in [-0.1, -0.05) is 30.3 Å². The average Bonchev–Trinajstić information content (AvgIpc) is 3.12. The zero-order valence-corrected chi connectivity index (χ0v) is 15.4. The van der Waals surface area contributed by atoms with Gasteiger partial charge in [0.2, 0.25) is 5.91 Å². The van der Waals surface area contributed by atoms with Gasteiger partial charge in [-0.15, -0.1) is 0 Å². The number of nitrogens with zero attached hydrogens (tertiary/aromatic N) is 4. The van der Waals surface area contributed by atoms with Gasteiger partial charge in [0.15, 0.2) is 0 Å². The topological polar surface area (TPSA) is 84.7 Å². The Hall–Kier alpha value is -3.22. The molecule has 0 atom stereocenters. The maximum Gasteiger partial charge on any atom is 0.220 e. The van der Waals surface area contributed by atoms with Gasteiger partial charge in [-0.3, -0.25) is 9.36 Å². The van der Waals surface area contributed by atoms with Gasteiger partial charge in [0.25, 0.3) is 0 Å². The molecule has 140 valence electrons. The van der Waals surface area contributed by atoms with Crippen LogP contribution in [0.3, 0.4) is 0 Å². The minimum absolute atomic E-state index is 0.0742. The average molecular weight is 364 g/mol. The van der Waals surface area contributed by atoms with E-state index in [0.29, 0.717) is 25.3 Å². The van der Waals surface area contributed by atoms with Crippen LogP contribution in [0.5, 0.6) is 0 Å². The van der Waals surface area contributed by atoms with Crippen LogP contribution in [-0.2, 0) is 11.2 Å². The van der Waals surface area contributed by atoms with E-state index in [0.717, 1.165) is 24.5 Å². The summed E-state index contributed by atoms with van der Waals surface area (Å²) < 4.78 is 1.89. The highest BCUT2D eigenvalue weighted by Gasteiger charge is 2.04. The second-order valence-electron chi connectivity index (χ2n) is 6.22. The van der Waals surface area contributed by atoms with E-state index in [1.54, 1.807) is 6.20 Å². The smallest absolute Gasteiger partial charge is 0.220 e. The lowest BCUT2D eigenvalue weighted by Crippen LogP contribution is -2.28. The Kier molecular flexibility index (Phi) is 6.51. The molecule has 0 spiro atoms. The summed E-state index contributed by atoms with van der Waals surface area (Å²) in [5.74, 6) is 2.41. The molecule has 2 heterocycles. The Balaban J connectivity index is 1.36. The van der Waals surface area contributed by atoms with Gasteiger partial charge in [0.05, 0.1) is 0 Å². The molecule has 0 aliphatic heterocycles. The van der Waals surface area contributed by atoms with Crippen LogP contribution in [0.25, 0.3) is 5.82 Å². The van der Waals surface area contributed by atoms with Gasteiger partial charge in [0, 0.05) is 38.0 Å². The number of carbonyl (C=O) groups excluding carboxylic acids is 1. The first-order chi connectivity index (χ1) is 13.2. The molecule has 0 fully saturated rings. The first kappa shape index (κ1) is 18.6. The molecule has 2 N–H and O–H groups in total. The van der Waals surface area contributed by atoms with Crippen LogP contribution in [0.4, 0.5) is 5.82 Å². The minimum atomic E-state index is 0.0742. The van der Waals surface area contributed by atoms with Crippen LogP contribution in [0.1, 0.15) is 24.2 Å². The van der Waals surface area contributed by atoms with Crippen molar-refractivity contribution in [3.8, 4) is 5.82 Å². The Morgan fingerprint density at radius 1 is 1.11 bits per heavy atom. The Morgan fingerprint density at radius 2 is 1.96 bits per heavy atom. The lowest BCUT2D eigenvalue weighted by molar-refractivity contribution is -0.121. The second-order valence-corrected chi connectivity index (χ2v) is 6.22. The van der Waals surface area contributed by atoms with E-state index in [-0.39, 0.29) is 5.91 Å². The van der Waals surface area contributed by atoms with Crippen molar-refractivity contribution in [1.29, 1.82) is 0 Å². The number of nitrogens with one attached hydrogen (secondary N) is 2. The second kappa shape index (κ2) is 9.47. The summed E-state index contributed by atoms with van der Waals surface area (Å²) in [5.41, 5.74) is 1.26. The third-order valence-corrected chi connectivity index (χ3v) is 4.19. The largest absolute Gasteiger partial charge is 0.368 e. The molecule has 0 radical (unpaired) electrons. The van der Waals surface area contributed by atoms with E-state index in [1.807, 2.05) is 42.0 Å². The van der Waals surface area contributed by atoms with Crippen LogP contribution in [0, 0.1) is 6.92 Å². The highest BCUT2D eigenvalue weighted by Crippen LogP contribution is 2.10. The van der Waals surface area contributed by atoms with E-state index >= 15 is 0 Å². The molecule has 3 aromatic rings. The van der Waals surface area contributed by atoms with Gasteiger partial charge >= 0.3 is 0 Å². The number of benzene rings is 1. The fraction of sp³-hybridized carbons (Fsp3) is 0.300. The predicted molar refractivity (Wildman–Crippen MR) is 105 cm³/mol. The first-order valence-electron chi connectivity index (χ1n) is 9.09. The SMILES string of the molecule is Cc1nccn1-c1cc(NCCNC(=O)CCCc2ccccc2)ncn1. The van der Waals surface area contributed by atoms with Crippen LogP contribution in [0.2, 0.25) is 0 Å². The molecule has 0 aliphatic rings. The van der Waals surface area contributed by atoms with E-state index in [2.05, 4.69) is 37.7 Å². The van der Waals surface area contributed by atoms with Crippen LogP contribution in [-0.4, -0.2) is 38.5 Å². The quantitative estimate of drug-likeness (QED) is 0.570. The van der Waals surface area contributed by atoms with Crippen molar-refractivity contribution in [1.82, 2.24) is 24.8 Å². The Labute approximate surface area is 158 Å². The number of aryl methyl sites for hydroxylation is 2. The lowest BCUT2D eigenvalue weighted by atomic mass is 10.1. The maximum atomic E-state index is 11.9. The molecule has 0 bridgehead atoms. The number of aromatic nitrogens is 4. The molecule has 1 aromatic carbocycles. The summed E-state index contributed by atoms with van der Waals surface area (Å²) in [6, 6.07) is 12.1. The van der Waals surface area contributed by atoms with Gasteiger partial charge in [0.1, 0.15) is 23.8 Å². The summed E-state index contributed by atoms with van der Waals surface area (Å²) in [6.07, 6.45) is 7.41. The zero-order valence-electron chi connectivity index (χ0n) is 15.4. The van der Waals surface area contributed by atoms with Crippen molar-refractivity contribution in [3.05, 3.63) is 66.5 Å². The monoisotopic (exact) mass is 364 g/mol. The summed E-state index contributed by atoms with van der Waals surface area (Å²) in [6.45, 7) is 3.07. The first-order valence-corrected chi connectivity index (χ1v) is 9.09. The van der Waals surface area contributed by atoms with E-state index < -0.39 is 0 Å². The molecule has 0 unspecified atom stereocenters. The Morgan fingerprint density at radius 3 is 2.74 bits per heavy atom. The van der Waals surface area contributed by atoms with E-state index in [1.165, 1.54) is 11.9 Å². The summed E-state index contributed by atoms with van der Waals surface area (Å²) >= 11 is 0. The van der Waals surface area contributed by atoms with Gasteiger partial charge in [-0.05, 0) is 25.3 Å². The third kappa shape index (κ3) is 5.64. The number of rotatable bonds is 9. The number of hydrogen-bond donors (Lipinski definition) is 2. The number of anilines is 1. The Bertz CT molecular complexity index is 862. The molecule has 0 saturated carbocycles. The molecule has 7 heteroatoms. The van der Waals surface area contributed by atoms with Crippen molar-refractivity contribution in [3.63, 3.8) is 0 Å². The summed E-state index contributed by atoms with van der Waals surface area (Å²) in [4.78, 5) is 24.6. The molecule has 2 aromatic heterocycles. The van der Waals surface area contributed by atoms with Crippen molar-refractivity contribution in [2.45, 2.75) is 26.2 Å². The highest BCUT2D eigenvalue weighted by molar-refractivity contribution is 5.75. The molecule has 3 rings (SSSR count). The highest BCUT2D eigenvalue weighted by atomic mass is 16.1. The lowest BCUT2D eigenvalue weighted by Gasteiger charge is -2.09. The molecular weight excluding hydrogens is 340 g/mol. The fourth-order valence-corrected chi connectivity index (χ4v) is 2.77. The number of hydrogen-bond acceptors (Lipinski definition) is 5. The number of imidazole rings is 1. The van der Waals surface area contributed by atoms with Gasteiger partial charge < -0.3 is 10.6 Å². The summed E-state index contributed by atoms with van der Waals surface area (Å²) in [7, 11) is 0. The standard InChI is InChI=1S/C20H24N6O/c1-16-21-12-13-26(16)19-14-18(24-15-25-19)22-10-11-23-20(27)9-5-8-17-6-3-2-4-7-17/h2-4,6-7,12-15H,5,8-11H2,1H3,(H,23,27)(H,22,24,25). The van der Waals surface area contributed by atoms with E-state index in [9.17, 15) is 4.79 Å². The van der Waals surface area contributed by atoms with Crippen molar-refractivity contribution in [2.24, 2.45) is 0 Å². The van der Waals surface area contributed by atoms with E-state index in [4.69, 9.17) is 0 Å². The third-order valence-electron chi connectivity index (χ3n) is 4.19. The normalized spacial score (nSPS) is 10.6. The predicted octanol–water partition coefficient (Wildman–Crippen LogP) is 2.52. The molecule has 1 amide bonds. The number of carbonyl (C=O) groups is 1. The van der Waals surface area contributed by atoms with Crippen molar-refractivity contribution >= 4 is 11.7 Å². The molecule has 0 aliphatic carbocycles. The molecule has 27 heavy (non-hydrogen) atoms. The van der Waals surface area contributed by atoms with Crippen LogP contribution >= 0.6 is 0 Å². The molecular formula is C20H24N6O. The van der Waals surface area contributed by atoms with Crippen LogP contribution < -0.4 is 10.6 Å². The van der Waals surface area contributed by atoms with Gasteiger partial charge in [-0.25, -0.2) is 15.0 Å². The van der Waals surface area contributed by atoms with Crippen molar-refractivity contribution in [2.75, 3.05) is 18.4 Å². The number of amides is 1. The fourth-order valence-electron chi connectivity index (χ4n) is 2.77. The molecule has 0 saturated heterocycles. The van der Waals surface area contributed by atoms with Crippen LogP contribution in [0.15, 0.2) is 55.1 Å². The van der Waals surface area contributed by atoms with Crippen molar-refractivity contribution < 1.29 is 4.79 Å². The zero-order chi connectivity index (χ0) is 18.9.